The Balaban J connectivity index is 2.00. The minimum atomic E-state index is -0.499. The normalized spacial score (nSPS) is 34.4. The number of carbonyl (C=O) groups excluding carboxylic acids is 2. The van der Waals surface area contributed by atoms with Gasteiger partial charge in [-0.15, -0.1) is 0 Å². The Morgan fingerprint density at radius 1 is 1.53 bits per heavy atom. The molecule has 0 aromatic heterocycles. The molecule has 5 nitrogen and oxygen atoms in total. The van der Waals surface area contributed by atoms with Gasteiger partial charge in [-0.2, -0.15) is 0 Å². The van der Waals surface area contributed by atoms with Crippen molar-refractivity contribution in [3.8, 4) is 0 Å². The zero-order valence-corrected chi connectivity index (χ0v) is 11.6. The summed E-state index contributed by atoms with van der Waals surface area (Å²) in [7, 11) is 1.61. The van der Waals surface area contributed by atoms with Crippen LogP contribution in [-0.2, 0) is 19.1 Å². The maximum atomic E-state index is 11.8. The van der Waals surface area contributed by atoms with Crippen molar-refractivity contribution in [3.05, 3.63) is 12.3 Å². The third-order valence-corrected chi connectivity index (χ3v) is 4.13. The van der Waals surface area contributed by atoms with Crippen LogP contribution in [0.2, 0.25) is 0 Å². The second-order valence-corrected chi connectivity index (χ2v) is 5.59. The van der Waals surface area contributed by atoms with Crippen LogP contribution in [0.15, 0.2) is 12.3 Å². The summed E-state index contributed by atoms with van der Waals surface area (Å²) in [6.45, 7) is 7.46. The van der Waals surface area contributed by atoms with E-state index in [9.17, 15) is 9.59 Å². The molecule has 0 amide bonds. The fraction of sp³-hybridized carbons (Fsp3) is 0.714. The third kappa shape index (κ3) is 2.60. The molecule has 1 aliphatic carbocycles. The standard InChI is InChI=1S/C14H21NO4/c1-7-5-10-11(6-7)14(17)19-12(10)9(3)18-13(16)8(2)15-4/h7,9-12,15H,2,5-6H2,1,3-4H3. The lowest BCUT2D eigenvalue weighted by Gasteiger charge is -2.23. The van der Waals surface area contributed by atoms with Crippen molar-refractivity contribution in [2.75, 3.05) is 7.05 Å². The lowest BCUT2D eigenvalue weighted by molar-refractivity contribution is -0.159. The maximum absolute atomic E-state index is 11.8. The molecule has 0 aromatic rings. The first-order valence-electron chi connectivity index (χ1n) is 6.72. The summed E-state index contributed by atoms with van der Waals surface area (Å²) in [5.41, 5.74) is 0.201. The molecule has 0 bridgehead atoms. The molecule has 0 spiro atoms. The highest BCUT2D eigenvalue weighted by Crippen LogP contribution is 2.45. The first-order chi connectivity index (χ1) is 8.93. The van der Waals surface area contributed by atoms with Crippen LogP contribution >= 0.6 is 0 Å². The van der Waals surface area contributed by atoms with Crippen LogP contribution in [0.1, 0.15) is 26.7 Å². The SMILES string of the molecule is C=C(NC)C(=O)OC(C)C1OC(=O)C2CC(C)CC21. The van der Waals surface area contributed by atoms with Gasteiger partial charge in [0.05, 0.1) is 5.92 Å². The van der Waals surface area contributed by atoms with Gasteiger partial charge in [-0.3, -0.25) is 4.79 Å². The minimum Gasteiger partial charge on any atom is -0.458 e. The predicted octanol–water partition coefficient (Wildman–Crippen LogP) is 1.24. The Morgan fingerprint density at radius 2 is 2.21 bits per heavy atom. The number of cyclic esters (lactones) is 1. The summed E-state index contributed by atoms with van der Waals surface area (Å²) in [6.07, 6.45) is 1.07. The highest BCUT2D eigenvalue weighted by atomic mass is 16.6. The van der Waals surface area contributed by atoms with Crippen molar-refractivity contribution >= 4 is 11.9 Å². The molecule has 5 unspecified atom stereocenters. The second kappa shape index (κ2) is 5.23. The zero-order valence-electron chi connectivity index (χ0n) is 11.6. The topological polar surface area (TPSA) is 64.6 Å². The predicted molar refractivity (Wildman–Crippen MR) is 69.0 cm³/mol. The van der Waals surface area contributed by atoms with Gasteiger partial charge in [0, 0.05) is 13.0 Å². The molecule has 2 fully saturated rings. The van der Waals surface area contributed by atoms with Crippen molar-refractivity contribution in [1.29, 1.82) is 0 Å². The molecule has 2 aliphatic rings. The Hall–Kier alpha value is -1.52. The highest BCUT2D eigenvalue weighted by Gasteiger charge is 2.51. The van der Waals surface area contributed by atoms with Crippen molar-refractivity contribution in [3.63, 3.8) is 0 Å². The number of hydrogen-bond acceptors (Lipinski definition) is 5. The number of nitrogens with one attached hydrogen (secondary N) is 1. The van der Waals surface area contributed by atoms with Gasteiger partial charge in [-0.25, -0.2) is 4.79 Å². The van der Waals surface area contributed by atoms with Gasteiger partial charge in [-0.1, -0.05) is 13.5 Å². The van der Waals surface area contributed by atoms with E-state index >= 15 is 0 Å². The first-order valence-corrected chi connectivity index (χ1v) is 6.72. The van der Waals surface area contributed by atoms with Crippen LogP contribution in [0.25, 0.3) is 0 Å². The van der Waals surface area contributed by atoms with E-state index in [4.69, 9.17) is 9.47 Å². The summed E-state index contributed by atoms with van der Waals surface area (Å²) >= 11 is 0. The smallest absolute Gasteiger partial charge is 0.354 e. The average Bonchev–Trinajstić information content (AvgIpc) is 2.87. The fourth-order valence-electron chi connectivity index (χ4n) is 3.13. The van der Waals surface area contributed by atoms with E-state index in [1.807, 2.05) is 0 Å². The van der Waals surface area contributed by atoms with Gasteiger partial charge in [0.25, 0.3) is 0 Å². The first kappa shape index (κ1) is 13.9. The van der Waals surface area contributed by atoms with Crippen LogP contribution in [0.4, 0.5) is 0 Å². The van der Waals surface area contributed by atoms with E-state index in [1.165, 1.54) is 0 Å². The van der Waals surface area contributed by atoms with Gasteiger partial charge in [0.15, 0.2) is 0 Å². The lowest BCUT2D eigenvalue weighted by atomic mass is 9.91. The van der Waals surface area contributed by atoms with Crippen molar-refractivity contribution in [2.45, 2.75) is 38.9 Å². The minimum absolute atomic E-state index is 0.0198. The monoisotopic (exact) mass is 267 g/mol. The lowest BCUT2D eigenvalue weighted by Crippen LogP contribution is -2.35. The number of ether oxygens (including phenoxy) is 2. The molecular formula is C14H21NO4. The second-order valence-electron chi connectivity index (χ2n) is 5.59. The van der Waals surface area contributed by atoms with E-state index < -0.39 is 12.1 Å². The molecule has 0 radical (unpaired) electrons. The number of likely N-dealkylation sites (N-methyl/N-ethyl adjacent to an activating group) is 1. The molecule has 1 heterocycles. The van der Waals surface area contributed by atoms with Crippen LogP contribution in [0.5, 0.6) is 0 Å². The van der Waals surface area contributed by atoms with Gasteiger partial charge in [-0.05, 0) is 25.7 Å². The van der Waals surface area contributed by atoms with Crippen LogP contribution in [0.3, 0.4) is 0 Å². The van der Waals surface area contributed by atoms with E-state index in [1.54, 1.807) is 14.0 Å². The largest absolute Gasteiger partial charge is 0.458 e. The molecule has 5 atom stereocenters. The van der Waals surface area contributed by atoms with E-state index in [2.05, 4.69) is 18.8 Å². The van der Waals surface area contributed by atoms with Crippen molar-refractivity contribution < 1.29 is 19.1 Å². The average molecular weight is 267 g/mol. The Labute approximate surface area is 113 Å². The molecule has 1 N–H and O–H groups in total. The van der Waals surface area contributed by atoms with Gasteiger partial charge < -0.3 is 14.8 Å². The summed E-state index contributed by atoms with van der Waals surface area (Å²) in [5, 5.41) is 2.65. The molecule has 2 rings (SSSR count). The quantitative estimate of drug-likeness (QED) is 0.613. The van der Waals surface area contributed by atoms with Gasteiger partial charge >= 0.3 is 11.9 Å². The molecule has 1 aliphatic heterocycles. The Kier molecular flexibility index (Phi) is 3.83. The summed E-state index contributed by atoms with van der Waals surface area (Å²) in [4.78, 5) is 23.5. The molecule has 5 heteroatoms. The number of rotatable bonds is 4. The maximum Gasteiger partial charge on any atom is 0.354 e. The fourth-order valence-corrected chi connectivity index (χ4v) is 3.13. The van der Waals surface area contributed by atoms with Gasteiger partial charge in [0.1, 0.15) is 17.9 Å². The Morgan fingerprint density at radius 3 is 2.84 bits per heavy atom. The van der Waals surface area contributed by atoms with Crippen LogP contribution in [-0.4, -0.2) is 31.2 Å². The van der Waals surface area contributed by atoms with Crippen molar-refractivity contribution in [2.24, 2.45) is 17.8 Å². The van der Waals surface area contributed by atoms with Crippen LogP contribution in [0, 0.1) is 17.8 Å². The van der Waals surface area contributed by atoms with Crippen LogP contribution < -0.4 is 5.32 Å². The molecular weight excluding hydrogens is 246 g/mol. The zero-order chi connectivity index (χ0) is 14.2. The van der Waals surface area contributed by atoms with Crippen molar-refractivity contribution in [1.82, 2.24) is 5.32 Å². The molecule has 19 heavy (non-hydrogen) atoms. The number of fused-ring (bicyclic) bond motifs is 1. The number of esters is 2. The molecule has 1 saturated heterocycles. The summed E-state index contributed by atoms with van der Waals surface area (Å²) < 4.78 is 10.7. The molecule has 0 aromatic carbocycles. The number of carbonyl (C=O) groups is 2. The molecule has 106 valence electrons. The summed E-state index contributed by atoms with van der Waals surface area (Å²) in [5.74, 6) is 0.0394. The van der Waals surface area contributed by atoms with Gasteiger partial charge in [0.2, 0.25) is 0 Å². The van der Waals surface area contributed by atoms with E-state index in [0.717, 1.165) is 12.8 Å². The van der Waals surface area contributed by atoms with E-state index in [-0.39, 0.29) is 29.6 Å². The van der Waals surface area contributed by atoms with E-state index in [0.29, 0.717) is 5.92 Å². The Bertz CT molecular complexity index is 406. The number of hydrogen-bond donors (Lipinski definition) is 1. The molecule has 1 saturated carbocycles. The third-order valence-electron chi connectivity index (χ3n) is 4.13. The summed E-state index contributed by atoms with van der Waals surface area (Å²) in [6, 6.07) is 0. The highest BCUT2D eigenvalue weighted by molar-refractivity contribution is 5.87.